The molecule has 1 N–H and O–H groups in total. The highest BCUT2D eigenvalue weighted by atomic mass is 16.2. The van der Waals surface area contributed by atoms with Gasteiger partial charge in [0.2, 0.25) is 11.8 Å². The van der Waals surface area contributed by atoms with Crippen LogP contribution in [-0.2, 0) is 9.59 Å². The molecule has 1 heterocycles. The van der Waals surface area contributed by atoms with Crippen LogP contribution in [0.4, 0.5) is 0 Å². The van der Waals surface area contributed by atoms with E-state index in [0.717, 1.165) is 12.0 Å². The van der Waals surface area contributed by atoms with E-state index in [9.17, 15) is 9.59 Å². The Hall–Kier alpha value is -1.32. The Morgan fingerprint density at radius 3 is 2.80 bits per heavy atom. The van der Waals surface area contributed by atoms with Crippen LogP contribution < -0.4 is 5.32 Å². The quantitative estimate of drug-likeness (QED) is 0.694. The van der Waals surface area contributed by atoms with Gasteiger partial charge >= 0.3 is 0 Å². The number of carbonyl (C=O) groups excluding carboxylic acids is 2. The molecular weight excluding hydrogens is 192 g/mol. The van der Waals surface area contributed by atoms with Crippen molar-refractivity contribution in [1.82, 2.24) is 10.2 Å². The van der Waals surface area contributed by atoms with E-state index in [-0.39, 0.29) is 24.4 Å². The fraction of sp³-hybridized carbons (Fsp3) is 0.636. The molecule has 1 fully saturated rings. The fourth-order valence-electron chi connectivity index (χ4n) is 1.72. The summed E-state index contributed by atoms with van der Waals surface area (Å²) in [6, 6.07) is -0.337. The summed E-state index contributed by atoms with van der Waals surface area (Å²) in [6.45, 7) is 8.24. The third-order valence-electron chi connectivity index (χ3n) is 2.32. The van der Waals surface area contributed by atoms with Crippen LogP contribution in [0, 0.1) is 0 Å². The molecule has 0 aromatic carbocycles. The van der Waals surface area contributed by atoms with Crippen molar-refractivity contribution in [2.75, 3.05) is 13.1 Å². The van der Waals surface area contributed by atoms with Crippen LogP contribution in [0.15, 0.2) is 12.2 Å². The monoisotopic (exact) mass is 210 g/mol. The van der Waals surface area contributed by atoms with Crippen molar-refractivity contribution in [3.63, 3.8) is 0 Å². The summed E-state index contributed by atoms with van der Waals surface area (Å²) in [7, 11) is 0. The molecule has 0 saturated carbocycles. The first-order valence-corrected chi connectivity index (χ1v) is 5.27. The molecule has 0 spiro atoms. The highest BCUT2D eigenvalue weighted by Gasteiger charge is 2.31. The van der Waals surface area contributed by atoms with E-state index >= 15 is 0 Å². The van der Waals surface area contributed by atoms with Gasteiger partial charge in [-0.1, -0.05) is 25.5 Å². The standard InChI is InChI=1S/C11H18N2O2/c1-4-5-9-11(15)13(6-8(2)3)7-10(14)12-9/h9H,2,4-7H2,1,3H3,(H,12,14). The summed E-state index contributed by atoms with van der Waals surface area (Å²) in [6.07, 6.45) is 1.59. The molecule has 0 aliphatic carbocycles. The highest BCUT2D eigenvalue weighted by Crippen LogP contribution is 2.09. The molecule has 1 unspecified atom stereocenters. The summed E-state index contributed by atoms with van der Waals surface area (Å²) in [4.78, 5) is 24.8. The van der Waals surface area contributed by atoms with Crippen molar-refractivity contribution in [2.24, 2.45) is 0 Å². The molecule has 0 aromatic heterocycles. The number of piperazine rings is 1. The Morgan fingerprint density at radius 1 is 1.60 bits per heavy atom. The SMILES string of the molecule is C=C(C)CN1CC(=O)NC(CCC)C1=O. The number of nitrogens with one attached hydrogen (secondary N) is 1. The third kappa shape index (κ3) is 3.08. The van der Waals surface area contributed by atoms with Crippen LogP contribution in [-0.4, -0.2) is 35.8 Å². The number of rotatable bonds is 4. The molecule has 0 bridgehead atoms. The van der Waals surface area contributed by atoms with E-state index in [4.69, 9.17) is 0 Å². The van der Waals surface area contributed by atoms with Crippen LogP contribution >= 0.6 is 0 Å². The smallest absolute Gasteiger partial charge is 0.245 e. The van der Waals surface area contributed by atoms with Crippen molar-refractivity contribution in [3.05, 3.63) is 12.2 Å². The summed E-state index contributed by atoms with van der Waals surface area (Å²) < 4.78 is 0. The minimum absolute atomic E-state index is 0.0134. The number of carbonyl (C=O) groups is 2. The van der Waals surface area contributed by atoms with Gasteiger partial charge in [-0.3, -0.25) is 9.59 Å². The number of amides is 2. The summed E-state index contributed by atoms with van der Waals surface area (Å²) in [5.41, 5.74) is 0.897. The largest absolute Gasteiger partial charge is 0.343 e. The average molecular weight is 210 g/mol. The first-order valence-electron chi connectivity index (χ1n) is 5.27. The van der Waals surface area contributed by atoms with E-state index in [0.29, 0.717) is 13.0 Å². The molecule has 0 aromatic rings. The maximum atomic E-state index is 11.9. The van der Waals surface area contributed by atoms with E-state index in [1.165, 1.54) is 0 Å². The van der Waals surface area contributed by atoms with Gasteiger partial charge in [0.15, 0.2) is 0 Å². The Bertz CT molecular complexity index is 284. The summed E-state index contributed by atoms with van der Waals surface area (Å²) in [5.74, 6) is -0.0613. The Balaban J connectivity index is 2.67. The van der Waals surface area contributed by atoms with E-state index in [1.54, 1.807) is 4.90 Å². The van der Waals surface area contributed by atoms with Gasteiger partial charge in [0.05, 0.1) is 6.54 Å². The lowest BCUT2D eigenvalue weighted by molar-refractivity contribution is -0.144. The number of hydrogen-bond donors (Lipinski definition) is 1. The maximum Gasteiger partial charge on any atom is 0.245 e. The van der Waals surface area contributed by atoms with Crippen molar-refractivity contribution in [2.45, 2.75) is 32.7 Å². The molecule has 84 valence electrons. The van der Waals surface area contributed by atoms with Gasteiger partial charge in [0.1, 0.15) is 6.04 Å². The lowest BCUT2D eigenvalue weighted by Crippen LogP contribution is -2.58. The van der Waals surface area contributed by atoms with Gasteiger partial charge < -0.3 is 10.2 Å². The first kappa shape index (κ1) is 11.8. The van der Waals surface area contributed by atoms with Crippen molar-refractivity contribution >= 4 is 11.8 Å². The predicted molar refractivity (Wildman–Crippen MR) is 58.2 cm³/mol. The minimum Gasteiger partial charge on any atom is -0.343 e. The zero-order valence-electron chi connectivity index (χ0n) is 9.38. The molecule has 1 saturated heterocycles. The van der Waals surface area contributed by atoms with Crippen LogP contribution in [0.1, 0.15) is 26.7 Å². The second-order valence-corrected chi connectivity index (χ2v) is 4.06. The van der Waals surface area contributed by atoms with Crippen molar-refractivity contribution in [1.29, 1.82) is 0 Å². The zero-order chi connectivity index (χ0) is 11.4. The van der Waals surface area contributed by atoms with E-state index in [1.807, 2.05) is 13.8 Å². The molecule has 1 aliphatic rings. The molecule has 1 aliphatic heterocycles. The molecule has 4 heteroatoms. The van der Waals surface area contributed by atoms with E-state index < -0.39 is 0 Å². The normalized spacial score (nSPS) is 21.5. The maximum absolute atomic E-state index is 11.9. The predicted octanol–water partition coefficient (Wildman–Crippen LogP) is 0.690. The molecule has 2 amide bonds. The van der Waals surface area contributed by atoms with Crippen LogP contribution in [0.3, 0.4) is 0 Å². The van der Waals surface area contributed by atoms with Gasteiger partial charge in [-0.05, 0) is 13.3 Å². The fourth-order valence-corrected chi connectivity index (χ4v) is 1.72. The summed E-state index contributed by atoms with van der Waals surface area (Å²) in [5, 5.41) is 2.71. The van der Waals surface area contributed by atoms with Crippen molar-refractivity contribution in [3.8, 4) is 0 Å². The highest BCUT2D eigenvalue weighted by molar-refractivity contribution is 5.94. The Labute approximate surface area is 90.3 Å². The topological polar surface area (TPSA) is 49.4 Å². The molecule has 1 rings (SSSR count). The number of hydrogen-bond acceptors (Lipinski definition) is 2. The van der Waals surface area contributed by atoms with Gasteiger partial charge in [-0.15, -0.1) is 0 Å². The Kier molecular flexibility index (Phi) is 3.88. The Morgan fingerprint density at radius 2 is 2.27 bits per heavy atom. The first-order chi connectivity index (χ1) is 7.04. The van der Waals surface area contributed by atoms with Crippen molar-refractivity contribution < 1.29 is 9.59 Å². The van der Waals surface area contributed by atoms with Gasteiger partial charge in [-0.25, -0.2) is 0 Å². The lowest BCUT2D eigenvalue weighted by Gasteiger charge is -2.32. The van der Waals surface area contributed by atoms with Gasteiger partial charge in [0.25, 0.3) is 0 Å². The minimum atomic E-state index is -0.337. The second-order valence-electron chi connectivity index (χ2n) is 4.06. The molecule has 4 nitrogen and oxygen atoms in total. The molecule has 15 heavy (non-hydrogen) atoms. The van der Waals surface area contributed by atoms with Crippen LogP contribution in [0.5, 0.6) is 0 Å². The summed E-state index contributed by atoms with van der Waals surface area (Å²) >= 11 is 0. The van der Waals surface area contributed by atoms with Gasteiger partial charge in [-0.2, -0.15) is 0 Å². The van der Waals surface area contributed by atoms with Gasteiger partial charge in [0, 0.05) is 6.54 Å². The average Bonchev–Trinajstić information content (AvgIpc) is 2.12. The molecule has 1 atom stereocenters. The van der Waals surface area contributed by atoms with Crippen LogP contribution in [0.25, 0.3) is 0 Å². The second kappa shape index (κ2) is 4.96. The lowest BCUT2D eigenvalue weighted by atomic mass is 10.1. The van der Waals surface area contributed by atoms with E-state index in [2.05, 4.69) is 11.9 Å². The zero-order valence-corrected chi connectivity index (χ0v) is 9.38. The number of nitrogens with zero attached hydrogens (tertiary/aromatic N) is 1. The van der Waals surface area contributed by atoms with Crippen LogP contribution in [0.2, 0.25) is 0 Å². The molecular formula is C11H18N2O2. The molecule has 0 radical (unpaired) electrons. The third-order valence-corrected chi connectivity index (χ3v) is 2.32.